The normalized spacial score (nSPS) is 20.6. The Balaban J connectivity index is 1.32. The summed E-state index contributed by atoms with van der Waals surface area (Å²) in [5.41, 5.74) is 4.73. The van der Waals surface area contributed by atoms with Crippen molar-refractivity contribution >= 4 is 28.6 Å². The fraction of sp³-hybridized carbons (Fsp3) is 0.577. The number of fused-ring (bicyclic) bond motifs is 1. The first kappa shape index (κ1) is 23.5. The van der Waals surface area contributed by atoms with Crippen LogP contribution in [0.5, 0.6) is 0 Å². The van der Waals surface area contributed by atoms with E-state index in [9.17, 15) is 0 Å². The molecule has 8 heteroatoms. The molecule has 0 amide bonds. The fourth-order valence-corrected chi connectivity index (χ4v) is 5.93. The summed E-state index contributed by atoms with van der Waals surface area (Å²) in [5.74, 6) is 2.36. The van der Waals surface area contributed by atoms with Crippen LogP contribution in [0.4, 0.5) is 5.82 Å². The summed E-state index contributed by atoms with van der Waals surface area (Å²) in [7, 11) is 0. The lowest BCUT2D eigenvalue weighted by Crippen LogP contribution is -2.54. The van der Waals surface area contributed by atoms with Gasteiger partial charge in [-0.1, -0.05) is 23.7 Å². The number of halogens is 1. The molecular formula is C26H35ClN6O. The zero-order chi connectivity index (χ0) is 23.8. The van der Waals surface area contributed by atoms with E-state index in [1.807, 2.05) is 30.8 Å². The maximum Gasteiger partial charge on any atom is 0.179 e. The highest BCUT2D eigenvalue weighted by molar-refractivity contribution is 6.31. The molecule has 3 aromatic rings. The van der Waals surface area contributed by atoms with Gasteiger partial charge in [0.25, 0.3) is 0 Å². The number of hydrogen-bond acceptors (Lipinski definition) is 6. The number of benzene rings is 1. The molecule has 1 N–H and O–H groups in total. The van der Waals surface area contributed by atoms with Crippen LogP contribution in [0.3, 0.4) is 0 Å². The number of hydrogen-bond donors (Lipinski definition) is 1. The molecule has 34 heavy (non-hydrogen) atoms. The number of aliphatic hydroxyl groups excluding tert-OH is 1. The number of piperidine rings is 1. The number of nitrogens with zero attached hydrogens (tertiary/aromatic N) is 6. The van der Waals surface area contributed by atoms with Crippen LogP contribution < -0.4 is 4.90 Å². The molecule has 2 aliphatic rings. The Morgan fingerprint density at radius 1 is 1.18 bits per heavy atom. The van der Waals surface area contributed by atoms with E-state index in [0.717, 1.165) is 77.3 Å². The van der Waals surface area contributed by atoms with Crippen molar-refractivity contribution in [2.24, 2.45) is 11.8 Å². The van der Waals surface area contributed by atoms with E-state index >= 15 is 0 Å². The van der Waals surface area contributed by atoms with Gasteiger partial charge in [0.05, 0.1) is 17.9 Å². The predicted octanol–water partition coefficient (Wildman–Crippen LogP) is 4.24. The highest BCUT2D eigenvalue weighted by Gasteiger charge is 2.36. The van der Waals surface area contributed by atoms with Crippen molar-refractivity contribution in [2.45, 2.75) is 46.1 Å². The molecule has 7 nitrogen and oxygen atoms in total. The van der Waals surface area contributed by atoms with Gasteiger partial charge < -0.3 is 14.9 Å². The quantitative estimate of drug-likeness (QED) is 0.543. The summed E-state index contributed by atoms with van der Waals surface area (Å²) < 4.78 is 1.97. The number of likely N-dealkylation sites (tertiary alicyclic amines) is 1. The van der Waals surface area contributed by atoms with Gasteiger partial charge in [-0.3, -0.25) is 0 Å². The highest BCUT2D eigenvalue weighted by Crippen LogP contribution is 2.34. The summed E-state index contributed by atoms with van der Waals surface area (Å²) in [6.45, 7) is 11.8. The summed E-state index contributed by atoms with van der Waals surface area (Å²) in [4.78, 5) is 14.7. The molecule has 2 atom stereocenters. The second kappa shape index (κ2) is 9.80. The SMILES string of the molecule is Cc1ccc([C@@H](C)n2nc(C)c3ncc(N4CC([C@@H]5CCCN(CCCO)C5)C4)nc32)c(Cl)c1. The van der Waals surface area contributed by atoms with E-state index in [0.29, 0.717) is 5.92 Å². The molecule has 0 unspecified atom stereocenters. The summed E-state index contributed by atoms with van der Waals surface area (Å²) in [5, 5.41) is 14.7. The van der Waals surface area contributed by atoms with Gasteiger partial charge in [-0.25, -0.2) is 14.6 Å². The second-order valence-electron chi connectivity index (χ2n) is 10.1. The van der Waals surface area contributed by atoms with E-state index in [1.54, 1.807) is 0 Å². The van der Waals surface area contributed by atoms with E-state index < -0.39 is 0 Å². The molecule has 0 spiro atoms. The van der Waals surface area contributed by atoms with Gasteiger partial charge in [-0.15, -0.1) is 0 Å². The summed E-state index contributed by atoms with van der Waals surface area (Å²) in [6.07, 6.45) is 5.34. The average Bonchev–Trinajstić information content (AvgIpc) is 3.12. The van der Waals surface area contributed by atoms with Gasteiger partial charge in [0.1, 0.15) is 11.3 Å². The van der Waals surface area contributed by atoms with E-state index in [4.69, 9.17) is 31.8 Å². The van der Waals surface area contributed by atoms with Crippen LogP contribution in [0, 0.1) is 25.7 Å². The van der Waals surface area contributed by atoms with Gasteiger partial charge in [0.15, 0.2) is 5.65 Å². The van der Waals surface area contributed by atoms with E-state index in [2.05, 4.69) is 28.9 Å². The molecule has 2 aliphatic heterocycles. The third-order valence-electron chi connectivity index (χ3n) is 7.61. The van der Waals surface area contributed by atoms with Gasteiger partial charge >= 0.3 is 0 Å². The Bertz CT molecular complexity index is 1160. The second-order valence-corrected chi connectivity index (χ2v) is 10.5. The Kier molecular flexibility index (Phi) is 6.78. The highest BCUT2D eigenvalue weighted by atomic mass is 35.5. The molecule has 5 rings (SSSR count). The zero-order valence-corrected chi connectivity index (χ0v) is 21.2. The van der Waals surface area contributed by atoms with Gasteiger partial charge in [-0.2, -0.15) is 5.10 Å². The fourth-order valence-electron chi connectivity index (χ4n) is 5.54. The van der Waals surface area contributed by atoms with Crippen LogP contribution in [-0.4, -0.2) is 69.1 Å². The lowest BCUT2D eigenvalue weighted by Gasteiger charge is -2.47. The van der Waals surface area contributed by atoms with Gasteiger partial charge in [0.2, 0.25) is 0 Å². The maximum absolute atomic E-state index is 9.15. The van der Waals surface area contributed by atoms with Crippen molar-refractivity contribution in [3.05, 3.63) is 46.2 Å². The largest absolute Gasteiger partial charge is 0.396 e. The molecule has 0 radical (unpaired) electrons. The minimum atomic E-state index is -0.0369. The smallest absolute Gasteiger partial charge is 0.179 e. The van der Waals surface area contributed by atoms with Crippen molar-refractivity contribution in [1.29, 1.82) is 0 Å². The zero-order valence-electron chi connectivity index (χ0n) is 20.4. The van der Waals surface area contributed by atoms with Crippen LogP contribution in [0.2, 0.25) is 5.02 Å². The van der Waals surface area contributed by atoms with E-state index in [1.165, 1.54) is 19.4 Å². The third-order valence-corrected chi connectivity index (χ3v) is 7.93. The first-order valence-corrected chi connectivity index (χ1v) is 12.9. The lowest BCUT2D eigenvalue weighted by atomic mass is 9.80. The Morgan fingerprint density at radius 2 is 2.00 bits per heavy atom. The first-order valence-electron chi connectivity index (χ1n) is 12.5. The maximum atomic E-state index is 9.15. The molecule has 2 saturated heterocycles. The Morgan fingerprint density at radius 3 is 2.76 bits per heavy atom. The van der Waals surface area contributed by atoms with Crippen molar-refractivity contribution in [1.82, 2.24) is 24.6 Å². The van der Waals surface area contributed by atoms with Crippen molar-refractivity contribution in [3.8, 4) is 0 Å². The monoisotopic (exact) mass is 482 g/mol. The molecule has 1 aromatic carbocycles. The number of aromatic nitrogens is 4. The standard InChI is InChI=1S/C26H35ClN6O/c1-17-7-8-22(23(27)12-17)19(3)33-26-25(18(2)30-33)28-13-24(29-26)32-15-21(16-32)20-6-4-9-31(14-20)10-5-11-34/h7-8,12-13,19-21,34H,4-6,9-11,14-16H2,1-3H3/t19-,20-/m1/s1. The van der Waals surface area contributed by atoms with Crippen LogP contribution in [0.1, 0.15) is 49.0 Å². The Hall–Kier alpha value is -2.22. The molecular weight excluding hydrogens is 448 g/mol. The Labute approximate surface area is 206 Å². The molecule has 0 saturated carbocycles. The molecule has 2 fully saturated rings. The first-order chi connectivity index (χ1) is 16.4. The van der Waals surface area contributed by atoms with Gasteiger partial charge in [0, 0.05) is 37.8 Å². The van der Waals surface area contributed by atoms with Crippen molar-refractivity contribution in [2.75, 3.05) is 44.2 Å². The summed E-state index contributed by atoms with van der Waals surface area (Å²) in [6, 6.07) is 6.13. The number of aliphatic hydroxyl groups is 1. The third kappa shape index (κ3) is 4.53. The number of rotatable bonds is 7. The van der Waals surface area contributed by atoms with Crippen LogP contribution >= 0.6 is 11.6 Å². The number of aryl methyl sites for hydroxylation is 2. The van der Waals surface area contributed by atoms with Crippen molar-refractivity contribution in [3.63, 3.8) is 0 Å². The average molecular weight is 483 g/mol. The molecule has 0 aliphatic carbocycles. The predicted molar refractivity (Wildman–Crippen MR) is 137 cm³/mol. The molecule has 2 aromatic heterocycles. The number of anilines is 1. The lowest BCUT2D eigenvalue weighted by molar-refractivity contribution is 0.112. The molecule has 4 heterocycles. The van der Waals surface area contributed by atoms with Crippen LogP contribution in [0.15, 0.2) is 24.4 Å². The van der Waals surface area contributed by atoms with Crippen LogP contribution in [0.25, 0.3) is 11.2 Å². The minimum absolute atomic E-state index is 0.0369. The molecule has 0 bridgehead atoms. The topological polar surface area (TPSA) is 70.3 Å². The summed E-state index contributed by atoms with van der Waals surface area (Å²) >= 11 is 6.57. The van der Waals surface area contributed by atoms with E-state index in [-0.39, 0.29) is 12.6 Å². The molecule has 182 valence electrons. The minimum Gasteiger partial charge on any atom is -0.396 e. The van der Waals surface area contributed by atoms with Gasteiger partial charge in [-0.05, 0) is 75.6 Å². The van der Waals surface area contributed by atoms with Crippen molar-refractivity contribution < 1.29 is 5.11 Å². The van der Waals surface area contributed by atoms with Crippen LogP contribution in [-0.2, 0) is 0 Å².